The SMILES string of the molecule is CC1CN(C)CCN1c1ncc(N)cc1C(N)=O. The number of pyridine rings is 1. The molecule has 0 saturated carbocycles. The normalized spacial score (nSPS) is 21.0. The van der Waals surface area contributed by atoms with Gasteiger partial charge < -0.3 is 21.3 Å². The van der Waals surface area contributed by atoms with Crippen LogP contribution in [0.2, 0.25) is 0 Å². The van der Waals surface area contributed by atoms with Crippen molar-refractivity contribution in [3.63, 3.8) is 0 Å². The minimum Gasteiger partial charge on any atom is -0.397 e. The summed E-state index contributed by atoms with van der Waals surface area (Å²) in [4.78, 5) is 20.1. The molecular weight excluding hydrogens is 230 g/mol. The van der Waals surface area contributed by atoms with Gasteiger partial charge in [0.25, 0.3) is 5.91 Å². The fourth-order valence-electron chi connectivity index (χ4n) is 2.34. The van der Waals surface area contributed by atoms with Crippen molar-refractivity contribution in [1.82, 2.24) is 9.88 Å². The number of hydrogen-bond donors (Lipinski definition) is 2. The number of amides is 1. The second kappa shape index (κ2) is 4.81. The molecule has 2 rings (SSSR count). The summed E-state index contributed by atoms with van der Waals surface area (Å²) in [5.74, 6) is 0.147. The number of anilines is 2. The van der Waals surface area contributed by atoms with E-state index in [1.54, 1.807) is 12.3 Å². The summed E-state index contributed by atoms with van der Waals surface area (Å²) >= 11 is 0. The van der Waals surface area contributed by atoms with E-state index in [0.717, 1.165) is 19.6 Å². The molecule has 1 fully saturated rings. The third-order valence-electron chi connectivity index (χ3n) is 3.26. The molecule has 0 spiro atoms. The summed E-state index contributed by atoms with van der Waals surface area (Å²) in [5, 5.41) is 0. The van der Waals surface area contributed by atoms with Gasteiger partial charge in [-0.05, 0) is 20.0 Å². The lowest BCUT2D eigenvalue weighted by atomic mass is 10.1. The highest BCUT2D eigenvalue weighted by Crippen LogP contribution is 2.23. The van der Waals surface area contributed by atoms with Gasteiger partial charge in [0.1, 0.15) is 5.82 Å². The van der Waals surface area contributed by atoms with Gasteiger partial charge in [0, 0.05) is 25.7 Å². The van der Waals surface area contributed by atoms with E-state index in [2.05, 4.69) is 28.8 Å². The maximum atomic E-state index is 11.5. The first-order chi connectivity index (χ1) is 8.49. The molecular formula is C12H19N5O. The number of hydrogen-bond acceptors (Lipinski definition) is 5. The van der Waals surface area contributed by atoms with Crippen LogP contribution in [-0.4, -0.2) is 48.5 Å². The molecule has 0 radical (unpaired) electrons. The van der Waals surface area contributed by atoms with E-state index in [0.29, 0.717) is 17.1 Å². The van der Waals surface area contributed by atoms with Gasteiger partial charge in [-0.25, -0.2) is 4.98 Å². The standard InChI is InChI=1S/C12H19N5O/c1-8-7-16(2)3-4-17(8)12-10(11(14)18)5-9(13)6-15-12/h5-6,8H,3-4,7,13H2,1-2H3,(H2,14,18). The van der Waals surface area contributed by atoms with Crippen LogP contribution in [-0.2, 0) is 0 Å². The molecule has 1 aliphatic heterocycles. The second-order valence-corrected chi connectivity index (χ2v) is 4.81. The molecule has 1 saturated heterocycles. The van der Waals surface area contributed by atoms with Crippen molar-refractivity contribution in [2.75, 3.05) is 37.3 Å². The zero-order valence-electron chi connectivity index (χ0n) is 10.8. The van der Waals surface area contributed by atoms with E-state index in [9.17, 15) is 4.79 Å². The number of likely N-dealkylation sites (N-methyl/N-ethyl adjacent to an activating group) is 1. The van der Waals surface area contributed by atoms with Gasteiger partial charge in [-0.1, -0.05) is 0 Å². The quantitative estimate of drug-likeness (QED) is 0.764. The first-order valence-corrected chi connectivity index (χ1v) is 5.99. The average molecular weight is 249 g/mol. The lowest BCUT2D eigenvalue weighted by Crippen LogP contribution is -2.51. The first kappa shape index (κ1) is 12.6. The Labute approximate surface area is 107 Å². The van der Waals surface area contributed by atoms with Crippen LogP contribution < -0.4 is 16.4 Å². The highest BCUT2D eigenvalue weighted by atomic mass is 16.1. The van der Waals surface area contributed by atoms with Crippen molar-refractivity contribution in [3.05, 3.63) is 17.8 Å². The van der Waals surface area contributed by atoms with E-state index in [1.165, 1.54) is 0 Å². The molecule has 1 aromatic heterocycles. The number of nitrogen functional groups attached to an aromatic ring is 1. The van der Waals surface area contributed by atoms with Gasteiger partial charge in [-0.3, -0.25) is 4.79 Å². The number of carbonyl (C=O) groups excluding carboxylic acids is 1. The van der Waals surface area contributed by atoms with E-state index < -0.39 is 5.91 Å². The monoisotopic (exact) mass is 249 g/mol. The smallest absolute Gasteiger partial charge is 0.252 e. The Morgan fingerprint density at radius 2 is 2.22 bits per heavy atom. The molecule has 1 unspecified atom stereocenters. The Hall–Kier alpha value is -1.82. The number of rotatable bonds is 2. The van der Waals surface area contributed by atoms with Gasteiger partial charge in [-0.15, -0.1) is 0 Å². The van der Waals surface area contributed by atoms with Crippen LogP contribution in [0.3, 0.4) is 0 Å². The van der Waals surface area contributed by atoms with E-state index in [1.807, 2.05) is 0 Å². The molecule has 98 valence electrons. The Morgan fingerprint density at radius 1 is 1.50 bits per heavy atom. The lowest BCUT2D eigenvalue weighted by molar-refractivity contribution is 0.1000. The average Bonchev–Trinajstić information content (AvgIpc) is 2.29. The second-order valence-electron chi connectivity index (χ2n) is 4.81. The minimum atomic E-state index is -0.490. The summed E-state index contributed by atoms with van der Waals surface area (Å²) < 4.78 is 0. The number of piperazine rings is 1. The predicted octanol–water partition coefficient (Wildman–Crippen LogP) is -0.0970. The molecule has 1 aliphatic rings. The summed E-state index contributed by atoms with van der Waals surface area (Å²) in [7, 11) is 2.08. The fraction of sp³-hybridized carbons (Fsp3) is 0.500. The minimum absolute atomic E-state index is 0.290. The van der Waals surface area contributed by atoms with E-state index >= 15 is 0 Å². The molecule has 18 heavy (non-hydrogen) atoms. The van der Waals surface area contributed by atoms with Gasteiger partial charge in [0.15, 0.2) is 0 Å². The zero-order valence-corrected chi connectivity index (χ0v) is 10.8. The Bertz CT molecular complexity index is 462. The largest absolute Gasteiger partial charge is 0.397 e. The molecule has 0 aliphatic carbocycles. The number of primary amides is 1. The van der Waals surface area contributed by atoms with Gasteiger partial charge in [0.2, 0.25) is 0 Å². The van der Waals surface area contributed by atoms with E-state index in [4.69, 9.17) is 11.5 Å². The molecule has 4 N–H and O–H groups in total. The summed E-state index contributed by atoms with van der Waals surface area (Å²) in [6.45, 7) is 4.81. The first-order valence-electron chi connectivity index (χ1n) is 5.99. The molecule has 2 heterocycles. The number of nitrogens with zero attached hydrogens (tertiary/aromatic N) is 3. The van der Waals surface area contributed by atoms with Crippen LogP contribution in [0.15, 0.2) is 12.3 Å². The van der Waals surface area contributed by atoms with Gasteiger partial charge >= 0.3 is 0 Å². The zero-order chi connectivity index (χ0) is 13.3. The van der Waals surface area contributed by atoms with Crippen LogP contribution in [0.5, 0.6) is 0 Å². The van der Waals surface area contributed by atoms with Crippen LogP contribution in [0.1, 0.15) is 17.3 Å². The van der Waals surface area contributed by atoms with Crippen molar-refractivity contribution in [2.45, 2.75) is 13.0 Å². The van der Waals surface area contributed by atoms with Crippen molar-refractivity contribution in [3.8, 4) is 0 Å². The topological polar surface area (TPSA) is 88.5 Å². The Kier molecular flexibility index (Phi) is 3.38. The van der Waals surface area contributed by atoms with Crippen molar-refractivity contribution in [1.29, 1.82) is 0 Å². The Balaban J connectivity index is 2.35. The number of nitrogens with two attached hydrogens (primary N) is 2. The predicted molar refractivity (Wildman–Crippen MR) is 71.5 cm³/mol. The number of aromatic nitrogens is 1. The molecule has 1 aromatic rings. The van der Waals surface area contributed by atoms with E-state index in [-0.39, 0.29) is 6.04 Å². The Morgan fingerprint density at radius 3 is 2.83 bits per heavy atom. The fourth-order valence-corrected chi connectivity index (χ4v) is 2.34. The molecule has 0 aromatic carbocycles. The highest BCUT2D eigenvalue weighted by molar-refractivity contribution is 5.98. The maximum absolute atomic E-state index is 11.5. The summed E-state index contributed by atoms with van der Waals surface area (Å²) in [6.07, 6.45) is 1.56. The van der Waals surface area contributed by atoms with Crippen LogP contribution >= 0.6 is 0 Å². The van der Waals surface area contributed by atoms with Gasteiger partial charge in [-0.2, -0.15) is 0 Å². The summed E-state index contributed by atoms with van der Waals surface area (Å²) in [6, 6.07) is 1.88. The number of carbonyl (C=O) groups is 1. The third kappa shape index (κ3) is 2.38. The highest BCUT2D eigenvalue weighted by Gasteiger charge is 2.25. The molecule has 1 amide bonds. The van der Waals surface area contributed by atoms with Gasteiger partial charge in [0.05, 0.1) is 17.4 Å². The van der Waals surface area contributed by atoms with Crippen molar-refractivity contribution >= 4 is 17.4 Å². The molecule has 6 heteroatoms. The van der Waals surface area contributed by atoms with Crippen LogP contribution in [0.25, 0.3) is 0 Å². The van der Waals surface area contributed by atoms with Crippen molar-refractivity contribution in [2.24, 2.45) is 5.73 Å². The molecule has 6 nitrogen and oxygen atoms in total. The molecule has 0 bridgehead atoms. The van der Waals surface area contributed by atoms with Crippen LogP contribution in [0, 0.1) is 0 Å². The lowest BCUT2D eigenvalue weighted by Gasteiger charge is -2.39. The third-order valence-corrected chi connectivity index (χ3v) is 3.26. The molecule has 1 atom stereocenters. The van der Waals surface area contributed by atoms with Crippen molar-refractivity contribution < 1.29 is 4.79 Å². The summed E-state index contributed by atoms with van der Waals surface area (Å²) in [5.41, 5.74) is 11.9. The van der Waals surface area contributed by atoms with Crippen LogP contribution in [0.4, 0.5) is 11.5 Å². The maximum Gasteiger partial charge on any atom is 0.252 e.